The zero-order valence-corrected chi connectivity index (χ0v) is 16.7. The number of hydrogen-bond donors (Lipinski definition) is 4. The highest BCUT2D eigenvalue weighted by Crippen LogP contribution is 2.15. The van der Waals surface area contributed by atoms with E-state index < -0.39 is 0 Å². The van der Waals surface area contributed by atoms with E-state index in [0.717, 1.165) is 18.0 Å². The molecule has 0 aliphatic carbocycles. The second-order valence-electron chi connectivity index (χ2n) is 5.42. The van der Waals surface area contributed by atoms with Crippen molar-refractivity contribution in [1.29, 1.82) is 0 Å². The summed E-state index contributed by atoms with van der Waals surface area (Å²) in [5.74, 6) is 0.928. The summed E-state index contributed by atoms with van der Waals surface area (Å²) in [7, 11) is 0. The van der Waals surface area contributed by atoms with Gasteiger partial charge in [-0.1, -0.05) is 24.3 Å². The summed E-state index contributed by atoms with van der Waals surface area (Å²) >= 11 is 12.3. The van der Waals surface area contributed by atoms with Gasteiger partial charge in [0.1, 0.15) is 0 Å². The molecule has 0 aromatic heterocycles. The minimum absolute atomic E-state index is 0.464. The van der Waals surface area contributed by atoms with Crippen molar-refractivity contribution >= 4 is 52.1 Å². The third-order valence-electron chi connectivity index (χ3n) is 3.45. The van der Waals surface area contributed by atoms with E-state index in [1.165, 1.54) is 16.0 Å². The standard InChI is InChI=1S/C18H22N4S3/c1-13-8-9-15(12-14(13)2)20-18(24)22-21-17(23)19-10-11-25-16-6-4-3-5-7-16/h3-9,12H,10-11H2,1-2H3,(H2,19,21,23)(H2,20,22,24). The SMILES string of the molecule is Cc1ccc(NC(=S)NNC(=S)NCCSc2ccccc2)cc1C. The van der Waals surface area contributed by atoms with Crippen LogP contribution in [0.4, 0.5) is 5.69 Å². The molecule has 2 rings (SSSR count). The Balaban J connectivity index is 1.62. The molecule has 0 amide bonds. The fraction of sp³-hybridized carbons (Fsp3) is 0.222. The van der Waals surface area contributed by atoms with Gasteiger partial charge in [-0.2, -0.15) is 0 Å². The Hall–Kier alpha value is -1.83. The van der Waals surface area contributed by atoms with Crippen LogP contribution in [0, 0.1) is 13.8 Å². The largest absolute Gasteiger partial charge is 0.361 e. The van der Waals surface area contributed by atoms with Crippen LogP contribution in [-0.2, 0) is 0 Å². The Kier molecular flexibility index (Phi) is 7.97. The summed E-state index contributed by atoms with van der Waals surface area (Å²) in [6.07, 6.45) is 0. The molecule has 132 valence electrons. The maximum absolute atomic E-state index is 5.25. The smallest absolute Gasteiger partial charge is 0.189 e. The number of hydrazine groups is 1. The number of aryl methyl sites for hydroxylation is 2. The van der Waals surface area contributed by atoms with E-state index in [2.05, 4.69) is 59.6 Å². The Morgan fingerprint density at radius 3 is 2.36 bits per heavy atom. The molecule has 0 atom stereocenters. The van der Waals surface area contributed by atoms with E-state index >= 15 is 0 Å². The van der Waals surface area contributed by atoms with Gasteiger partial charge < -0.3 is 10.6 Å². The molecule has 2 aromatic carbocycles. The second-order valence-corrected chi connectivity index (χ2v) is 7.41. The van der Waals surface area contributed by atoms with Crippen molar-refractivity contribution in [1.82, 2.24) is 16.2 Å². The van der Waals surface area contributed by atoms with Crippen LogP contribution in [0.15, 0.2) is 53.4 Å². The number of thioether (sulfide) groups is 1. The highest BCUT2D eigenvalue weighted by Gasteiger charge is 2.01. The summed E-state index contributed by atoms with van der Waals surface area (Å²) in [5.41, 5.74) is 9.18. The molecule has 4 nitrogen and oxygen atoms in total. The number of benzene rings is 2. The molecule has 0 saturated heterocycles. The normalized spacial score (nSPS) is 10.0. The van der Waals surface area contributed by atoms with E-state index in [9.17, 15) is 0 Å². The quantitative estimate of drug-likeness (QED) is 0.268. The molecule has 0 fully saturated rings. The monoisotopic (exact) mass is 390 g/mol. The number of hydrogen-bond acceptors (Lipinski definition) is 3. The maximum atomic E-state index is 5.25. The first-order valence-electron chi connectivity index (χ1n) is 7.90. The van der Waals surface area contributed by atoms with Gasteiger partial charge in [0.15, 0.2) is 10.2 Å². The van der Waals surface area contributed by atoms with Gasteiger partial charge in [-0.15, -0.1) is 11.8 Å². The van der Waals surface area contributed by atoms with Gasteiger partial charge in [-0.3, -0.25) is 10.9 Å². The van der Waals surface area contributed by atoms with E-state index in [-0.39, 0.29) is 0 Å². The summed E-state index contributed by atoms with van der Waals surface area (Å²) in [5, 5.41) is 7.23. The van der Waals surface area contributed by atoms with Crippen molar-refractivity contribution in [3.05, 3.63) is 59.7 Å². The lowest BCUT2D eigenvalue weighted by atomic mass is 10.1. The van der Waals surface area contributed by atoms with Gasteiger partial charge in [0.25, 0.3) is 0 Å². The first kappa shape index (κ1) is 19.5. The highest BCUT2D eigenvalue weighted by molar-refractivity contribution is 7.99. The average molecular weight is 391 g/mol. The first-order chi connectivity index (χ1) is 12.0. The summed E-state index contributed by atoms with van der Waals surface area (Å²) < 4.78 is 0. The van der Waals surface area contributed by atoms with Crippen molar-refractivity contribution in [2.75, 3.05) is 17.6 Å². The third kappa shape index (κ3) is 7.29. The van der Waals surface area contributed by atoms with Gasteiger partial charge >= 0.3 is 0 Å². The molecule has 0 radical (unpaired) electrons. The van der Waals surface area contributed by atoms with Crippen LogP contribution in [0.2, 0.25) is 0 Å². The fourth-order valence-corrected chi connectivity index (χ4v) is 3.10. The minimum Gasteiger partial charge on any atom is -0.361 e. The zero-order valence-electron chi connectivity index (χ0n) is 14.3. The van der Waals surface area contributed by atoms with E-state index in [4.69, 9.17) is 24.4 Å². The number of anilines is 1. The van der Waals surface area contributed by atoms with Gasteiger partial charge in [-0.05, 0) is 73.7 Å². The molecule has 25 heavy (non-hydrogen) atoms. The van der Waals surface area contributed by atoms with Gasteiger partial charge in [0, 0.05) is 22.9 Å². The van der Waals surface area contributed by atoms with Gasteiger partial charge in [0.05, 0.1) is 0 Å². The molecule has 4 N–H and O–H groups in total. The lowest BCUT2D eigenvalue weighted by molar-refractivity contribution is 0.828. The van der Waals surface area contributed by atoms with Crippen molar-refractivity contribution < 1.29 is 0 Å². The molecule has 2 aromatic rings. The van der Waals surface area contributed by atoms with Crippen molar-refractivity contribution in [3.8, 4) is 0 Å². The average Bonchev–Trinajstić information content (AvgIpc) is 2.61. The molecule has 0 unspecified atom stereocenters. The van der Waals surface area contributed by atoms with E-state index in [1.807, 2.05) is 24.3 Å². The summed E-state index contributed by atoms with van der Waals surface area (Å²) in [6.45, 7) is 4.92. The lowest BCUT2D eigenvalue weighted by Gasteiger charge is -2.14. The van der Waals surface area contributed by atoms with E-state index in [0.29, 0.717) is 10.2 Å². The summed E-state index contributed by atoms with van der Waals surface area (Å²) in [6, 6.07) is 16.4. The molecule has 7 heteroatoms. The fourth-order valence-electron chi connectivity index (χ4n) is 1.99. The second kappa shape index (κ2) is 10.2. The summed E-state index contributed by atoms with van der Waals surface area (Å²) in [4.78, 5) is 1.25. The molecule has 0 bridgehead atoms. The molecule has 0 aliphatic heterocycles. The predicted molar refractivity (Wildman–Crippen MR) is 116 cm³/mol. The number of thiocarbonyl (C=S) groups is 2. The topological polar surface area (TPSA) is 48.1 Å². The first-order valence-corrected chi connectivity index (χ1v) is 9.71. The van der Waals surface area contributed by atoms with Crippen LogP contribution < -0.4 is 21.5 Å². The van der Waals surface area contributed by atoms with Crippen LogP contribution in [0.1, 0.15) is 11.1 Å². The lowest BCUT2D eigenvalue weighted by Crippen LogP contribution is -2.48. The van der Waals surface area contributed by atoms with E-state index in [1.54, 1.807) is 11.8 Å². The highest BCUT2D eigenvalue weighted by atomic mass is 32.2. The molecule has 0 aliphatic rings. The van der Waals surface area contributed by atoms with Crippen LogP contribution in [0.3, 0.4) is 0 Å². The predicted octanol–water partition coefficient (Wildman–Crippen LogP) is 3.76. The molecular weight excluding hydrogens is 368 g/mol. The van der Waals surface area contributed by atoms with Crippen LogP contribution in [0.5, 0.6) is 0 Å². The number of nitrogens with one attached hydrogen (secondary N) is 4. The molecule has 0 spiro atoms. The van der Waals surface area contributed by atoms with Crippen LogP contribution >= 0.6 is 36.2 Å². The van der Waals surface area contributed by atoms with Crippen molar-refractivity contribution in [2.45, 2.75) is 18.7 Å². The molecule has 0 heterocycles. The van der Waals surface area contributed by atoms with Crippen molar-refractivity contribution in [3.63, 3.8) is 0 Å². The maximum Gasteiger partial charge on any atom is 0.189 e. The Morgan fingerprint density at radius 2 is 1.64 bits per heavy atom. The van der Waals surface area contributed by atoms with Gasteiger partial charge in [0.2, 0.25) is 0 Å². The van der Waals surface area contributed by atoms with Crippen LogP contribution in [-0.4, -0.2) is 22.5 Å². The van der Waals surface area contributed by atoms with Crippen molar-refractivity contribution in [2.24, 2.45) is 0 Å². The number of rotatable bonds is 5. The zero-order chi connectivity index (χ0) is 18.1. The molecular formula is C18H22N4S3. The third-order valence-corrected chi connectivity index (χ3v) is 4.92. The van der Waals surface area contributed by atoms with Gasteiger partial charge in [-0.25, -0.2) is 0 Å². The molecule has 0 saturated carbocycles. The Bertz CT molecular complexity index is 720. The Labute approximate surface area is 164 Å². The minimum atomic E-state index is 0.464. The Morgan fingerprint density at radius 1 is 0.920 bits per heavy atom. The van der Waals surface area contributed by atoms with Crippen LogP contribution in [0.25, 0.3) is 0 Å².